The van der Waals surface area contributed by atoms with Crippen LogP contribution in [0.3, 0.4) is 0 Å². The first-order valence-corrected chi connectivity index (χ1v) is 6.30. The number of phenols is 1. The number of phenolic OH excluding ortho intramolecular Hbond substituents is 1. The van der Waals surface area contributed by atoms with Gasteiger partial charge in [-0.3, -0.25) is 9.59 Å². The molecule has 0 saturated carbocycles. The number of amides is 2. The summed E-state index contributed by atoms with van der Waals surface area (Å²) in [7, 11) is 0. The fraction of sp³-hybridized carbons (Fsp3) is 0.0833. The highest BCUT2D eigenvalue weighted by molar-refractivity contribution is 9.10. The van der Waals surface area contributed by atoms with E-state index in [0.29, 0.717) is 5.56 Å². The van der Waals surface area contributed by atoms with Crippen molar-refractivity contribution in [2.45, 2.75) is 6.04 Å². The lowest BCUT2D eigenvalue weighted by Gasteiger charge is -2.06. The zero-order chi connectivity index (χ0) is 14.5. The molecular weight excluding hydrogens is 328 g/mol. The molecule has 2 rings (SSSR count). The van der Waals surface area contributed by atoms with Crippen molar-refractivity contribution < 1.29 is 14.7 Å². The minimum Gasteiger partial charge on any atom is -0.507 e. The number of carbonyl (C=O) groups excluding carboxylic acids is 2. The number of nitrogens with zero attached hydrogens (tertiary/aromatic N) is 3. The SMILES string of the molecule is O=C1C=CC(C(=O)N/N=C/c2cc(Br)ccc2O)N=N1. The van der Waals surface area contributed by atoms with Crippen LogP contribution in [0.2, 0.25) is 0 Å². The van der Waals surface area contributed by atoms with Crippen molar-refractivity contribution in [1.82, 2.24) is 5.43 Å². The molecule has 0 spiro atoms. The quantitative estimate of drug-likeness (QED) is 0.645. The van der Waals surface area contributed by atoms with Crippen molar-refractivity contribution in [3.05, 3.63) is 40.4 Å². The van der Waals surface area contributed by atoms with E-state index in [1.165, 1.54) is 24.4 Å². The number of halogens is 1. The maximum Gasteiger partial charge on any atom is 0.287 e. The zero-order valence-corrected chi connectivity index (χ0v) is 11.6. The molecule has 0 aromatic heterocycles. The molecule has 1 aromatic rings. The van der Waals surface area contributed by atoms with Crippen LogP contribution < -0.4 is 5.43 Å². The Morgan fingerprint density at radius 3 is 3.00 bits per heavy atom. The van der Waals surface area contributed by atoms with E-state index in [-0.39, 0.29) is 5.75 Å². The van der Waals surface area contributed by atoms with Crippen LogP contribution in [0.15, 0.2) is 50.2 Å². The molecular formula is C12H9BrN4O3. The van der Waals surface area contributed by atoms with Crippen molar-refractivity contribution in [3.8, 4) is 5.75 Å². The monoisotopic (exact) mass is 336 g/mol. The number of hydrogen-bond donors (Lipinski definition) is 2. The summed E-state index contributed by atoms with van der Waals surface area (Å²) >= 11 is 3.26. The molecule has 0 fully saturated rings. The van der Waals surface area contributed by atoms with Crippen LogP contribution in [0.4, 0.5) is 0 Å². The summed E-state index contributed by atoms with van der Waals surface area (Å²) in [5.74, 6) is -0.992. The summed E-state index contributed by atoms with van der Waals surface area (Å²) in [5.41, 5.74) is 2.69. The van der Waals surface area contributed by atoms with Crippen LogP contribution in [-0.4, -0.2) is 29.2 Å². The third-order valence-electron chi connectivity index (χ3n) is 2.34. The molecule has 1 atom stereocenters. The second-order valence-electron chi connectivity index (χ2n) is 3.80. The average molecular weight is 337 g/mol. The average Bonchev–Trinajstić information content (AvgIpc) is 2.43. The summed E-state index contributed by atoms with van der Waals surface area (Å²) < 4.78 is 0.769. The van der Waals surface area contributed by atoms with Gasteiger partial charge in [-0.25, -0.2) is 5.43 Å². The number of hydrazone groups is 1. The molecule has 1 heterocycles. The van der Waals surface area contributed by atoms with Crippen molar-refractivity contribution in [1.29, 1.82) is 0 Å². The first-order chi connectivity index (χ1) is 9.56. The smallest absolute Gasteiger partial charge is 0.287 e. The standard InChI is InChI=1S/C12H9BrN4O3/c13-8-1-3-10(18)7(5-8)6-14-17-12(20)9-2-4-11(19)16-15-9/h1-6,9,18H,(H,17,20)/b14-6+. The Morgan fingerprint density at radius 2 is 2.30 bits per heavy atom. The molecule has 8 heteroatoms. The van der Waals surface area contributed by atoms with Gasteiger partial charge in [-0.15, -0.1) is 5.11 Å². The van der Waals surface area contributed by atoms with E-state index in [1.54, 1.807) is 12.1 Å². The fourth-order valence-electron chi connectivity index (χ4n) is 1.36. The Labute approximate surface area is 122 Å². The van der Waals surface area contributed by atoms with Crippen LogP contribution in [0.1, 0.15) is 5.56 Å². The van der Waals surface area contributed by atoms with Gasteiger partial charge in [0.1, 0.15) is 5.75 Å². The van der Waals surface area contributed by atoms with Crippen molar-refractivity contribution in [2.75, 3.05) is 0 Å². The molecule has 20 heavy (non-hydrogen) atoms. The van der Waals surface area contributed by atoms with Crippen molar-refractivity contribution >= 4 is 34.0 Å². The first kappa shape index (κ1) is 14.1. The van der Waals surface area contributed by atoms with E-state index in [1.807, 2.05) is 0 Å². The Hall–Kier alpha value is -2.35. The minimum atomic E-state index is -0.874. The number of azo groups is 1. The van der Waals surface area contributed by atoms with Gasteiger partial charge in [0.05, 0.1) is 6.21 Å². The topological polar surface area (TPSA) is 103 Å². The summed E-state index contributed by atoms with van der Waals surface area (Å²) in [6, 6.07) is 3.94. The van der Waals surface area contributed by atoms with Gasteiger partial charge in [0.15, 0.2) is 6.04 Å². The maximum absolute atomic E-state index is 11.6. The lowest BCUT2D eigenvalue weighted by Crippen LogP contribution is -2.29. The predicted octanol–water partition coefficient (Wildman–Crippen LogP) is 1.52. The van der Waals surface area contributed by atoms with E-state index in [9.17, 15) is 14.7 Å². The number of aromatic hydroxyl groups is 1. The van der Waals surface area contributed by atoms with E-state index in [2.05, 4.69) is 36.7 Å². The highest BCUT2D eigenvalue weighted by atomic mass is 79.9. The van der Waals surface area contributed by atoms with Gasteiger partial charge in [-0.2, -0.15) is 10.2 Å². The maximum atomic E-state index is 11.6. The fourth-order valence-corrected chi connectivity index (χ4v) is 1.74. The molecule has 7 nitrogen and oxygen atoms in total. The van der Waals surface area contributed by atoms with E-state index in [4.69, 9.17) is 0 Å². The first-order valence-electron chi connectivity index (χ1n) is 5.51. The number of carbonyl (C=O) groups is 2. The summed E-state index contributed by atoms with van der Waals surface area (Å²) in [6.45, 7) is 0. The lowest BCUT2D eigenvalue weighted by atomic mass is 10.2. The van der Waals surface area contributed by atoms with Gasteiger partial charge in [0.2, 0.25) is 0 Å². The molecule has 1 unspecified atom stereocenters. The molecule has 1 aliphatic heterocycles. The number of rotatable bonds is 3. The van der Waals surface area contributed by atoms with Gasteiger partial charge in [-0.1, -0.05) is 15.9 Å². The van der Waals surface area contributed by atoms with E-state index in [0.717, 1.165) is 4.47 Å². The lowest BCUT2D eigenvalue weighted by molar-refractivity contribution is -0.121. The molecule has 1 aliphatic rings. The molecule has 0 aliphatic carbocycles. The van der Waals surface area contributed by atoms with Gasteiger partial charge >= 0.3 is 0 Å². The second-order valence-corrected chi connectivity index (χ2v) is 4.71. The highest BCUT2D eigenvalue weighted by Crippen LogP contribution is 2.19. The van der Waals surface area contributed by atoms with Gasteiger partial charge in [-0.05, 0) is 24.3 Å². The normalized spacial score (nSPS) is 17.6. The Balaban J connectivity index is 1.98. The summed E-state index contributed by atoms with van der Waals surface area (Å²) in [6.07, 6.45) is 3.80. The predicted molar refractivity (Wildman–Crippen MR) is 74.3 cm³/mol. The summed E-state index contributed by atoms with van der Waals surface area (Å²) in [5, 5.41) is 20.1. The number of nitrogens with one attached hydrogen (secondary N) is 1. The van der Waals surface area contributed by atoms with Gasteiger partial charge < -0.3 is 5.11 Å². The number of benzene rings is 1. The van der Waals surface area contributed by atoms with Crippen molar-refractivity contribution in [3.63, 3.8) is 0 Å². The van der Waals surface area contributed by atoms with Gasteiger partial charge in [0.25, 0.3) is 11.8 Å². The van der Waals surface area contributed by atoms with Crippen LogP contribution in [0.5, 0.6) is 5.75 Å². The molecule has 1 aromatic carbocycles. The largest absolute Gasteiger partial charge is 0.507 e. The van der Waals surface area contributed by atoms with Crippen LogP contribution >= 0.6 is 15.9 Å². The van der Waals surface area contributed by atoms with Crippen molar-refractivity contribution in [2.24, 2.45) is 15.3 Å². The molecule has 0 radical (unpaired) electrons. The van der Waals surface area contributed by atoms with E-state index >= 15 is 0 Å². The molecule has 2 N–H and O–H groups in total. The molecule has 2 amide bonds. The summed E-state index contributed by atoms with van der Waals surface area (Å²) in [4.78, 5) is 22.4. The Bertz CT molecular complexity index is 624. The van der Waals surface area contributed by atoms with Crippen LogP contribution in [0.25, 0.3) is 0 Å². The zero-order valence-electron chi connectivity index (χ0n) is 10.0. The van der Waals surface area contributed by atoms with Crippen LogP contribution in [-0.2, 0) is 9.59 Å². The second kappa shape index (κ2) is 6.20. The molecule has 0 bridgehead atoms. The molecule has 102 valence electrons. The van der Waals surface area contributed by atoms with Crippen LogP contribution in [0, 0.1) is 0 Å². The number of hydrogen-bond acceptors (Lipinski definition) is 5. The molecule has 0 saturated heterocycles. The minimum absolute atomic E-state index is 0.0362. The van der Waals surface area contributed by atoms with E-state index < -0.39 is 17.9 Å². The Morgan fingerprint density at radius 1 is 1.50 bits per heavy atom. The Kier molecular flexibility index (Phi) is 4.36. The van der Waals surface area contributed by atoms with Gasteiger partial charge in [0, 0.05) is 16.1 Å². The third kappa shape index (κ3) is 3.58. The third-order valence-corrected chi connectivity index (χ3v) is 2.83. The highest BCUT2D eigenvalue weighted by Gasteiger charge is 2.17.